The van der Waals surface area contributed by atoms with Gasteiger partial charge in [0.15, 0.2) is 0 Å². The number of hydrogen-bond acceptors (Lipinski definition) is 3. The van der Waals surface area contributed by atoms with E-state index in [-0.39, 0.29) is 5.91 Å². The van der Waals surface area contributed by atoms with Crippen LogP contribution in [0.3, 0.4) is 0 Å². The molecule has 0 aliphatic carbocycles. The van der Waals surface area contributed by atoms with Crippen molar-refractivity contribution < 1.29 is 9.53 Å². The maximum Gasteiger partial charge on any atom is 0.220 e. The smallest absolute Gasteiger partial charge is 0.220 e. The fraction of sp³-hybridized carbons (Fsp3) is 0.294. The van der Waals surface area contributed by atoms with E-state index >= 15 is 0 Å². The summed E-state index contributed by atoms with van der Waals surface area (Å²) in [5.74, 6) is 0.910. The van der Waals surface area contributed by atoms with Crippen molar-refractivity contribution in [2.24, 2.45) is 0 Å². The van der Waals surface area contributed by atoms with Crippen LogP contribution in [0.25, 0.3) is 0 Å². The fourth-order valence-corrected chi connectivity index (χ4v) is 2.01. The van der Waals surface area contributed by atoms with Gasteiger partial charge in [-0.05, 0) is 42.7 Å². The van der Waals surface area contributed by atoms with E-state index < -0.39 is 0 Å². The van der Waals surface area contributed by atoms with Crippen LogP contribution in [0, 0.1) is 0 Å². The molecule has 110 valence electrons. The lowest BCUT2D eigenvalue weighted by atomic mass is 10.1. The number of rotatable bonds is 7. The Labute approximate surface area is 125 Å². The third-order valence-electron chi connectivity index (χ3n) is 3.23. The molecule has 4 heteroatoms. The van der Waals surface area contributed by atoms with Gasteiger partial charge in [0.1, 0.15) is 5.75 Å². The number of nitrogens with one attached hydrogen (secondary N) is 1. The Balaban J connectivity index is 1.66. The Hall–Kier alpha value is -2.36. The van der Waals surface area contributed by atoms with Crippen LogP contribution in [-0.4, -0.2) is 24.5 Å². The van der Waals surface area contributed by atoms with E-state index in [4.69, 9.17) is 4.74 Å². The van der Waals surface area contributed by atoms with Gasteiger partial charge in [0.2, 0.25) is 5.91 Å². The van der Waals surface area contributed by atoms with Gasteiger partial charge in [-0.15, -0.1) is 0 Å². The number of carbonyl (C=O) groups is 1. The van der Waals surface area contributed by atoms with E-state index in [1.165, 1.54) is 5.56 Å². The maximum atomic E-state index is 11.7. The van der Waals surface area contributed by atoms with Gasteiger partial charge in [0.05, 0.1) is 7.11 Å². The lowest BCUT2D eigenvalue weighted by Crippen LogP contribution is -2.25. The molecule has 21 heavy (non-hydrogen) atoms. The Morgan fingerprint density at radius 2 is 1.95 bits per heavy atom. The summed E-state index contributed by atoms with van der Waals surface area (Å²) in [7, 11) is 1.65. The van der Waals surface area contributed by atoms with Crippen molar-refractivity contribution in [3.05, 3.63) is 59.9 Å². The van der Waals surface area contributed by atoms with Crippen LogP contribution >= 0.6 is 0 Å². The molecular formula is C17H20N2O2. The standard InChI is InChI=1S/C17H20N2O2/c1-21-16-8-5-14(6-9-16)11-13-19-17(20)10-7-15-4-2-3-12-18-15/h2-6,8-9,12H,7,10-11,13H2,1H3,(H,19,20). The Morgan fingerprint density at radius 1 is 1.14 bits per heavy atom. The lowest BCUT2D eigenvalue weighted by molar-refractivity contribution is -0.121. The van der Waals surface area contributed by atoms with Crippen molar-refractivity contribution in [2.45, 2.75) is 19.3 Å². The van der Waals surface area contributed by atoms with Crippen molar-refractivity contribution in [1.29, 1.82) is 0 Å². The quantitative estimate of drug-likeness (QED) is 0.849. The van der Waals surface area contributed by atoms with Crippen molar-refractivity contribution in [3.63, 3.8) is 0 Å². The number of ether oxygens (including phenoxy) is 1. The van der Waals surface area contributed by atoms with E-state index in [1.54, 1.807) is 13.3 Å². The van der Waals surface area contributed by atoms with E-state index in [1.807, 2.05) is 42.5 Å². The number of aryl methyl sites for hydroxylation is 1. The molecule has 0 aliphatic rings. The van der Waals surface area contributed by atoms with Gasteiger partial charge in [-0.1, -0.05) is 18.2 Å². The first kappa shape index (κ1) is 15.0. The number of pyridine rings is 1. The average Bonchev–Trinajstić information content (AvgIpc) is 2.54. The average molecular weight is 284 g/mol. The molecule has 1 aromatic carbocycles. The van der Waals surface area contributed by atoms with Crippen molar-refractivity contribution in [3.8, 4) is 5.75 Å². The third-order valence-corrected chi connectivity index (χ3v) is 3.23. The highest BCUT2D eigenvalue weighted by Crippen LogP contribution is 2.11. The Bertz CT molecular complexity index is 553. The fourth-order valence-electron chi connectivity index (χ4n) is 2.01. The molecule has 1 aromatic heterocycles. The first-order chi connectivity index (χ1) is 10.3. The molecule has 0 spiro atoms. The predicted molar refractivity (Wildman–Crippen MR) is 82.3 cm³/mol. The zero-order valence-corrected chi connectivity index (χ0v) is 12.2. The van der Waals surface area contributed by atoms with E-state index in [0.717, 1.165) is 17.9 Å². The summed E-state index contributed by atoms with van der Waals surface area (Å²) in [6.07, 6.45) is 3.71. The minimum absolute atomic E-state index is 0.0640. The molecule has 4 nitrogen and oxygen atoms in total. The Kier molecular flexibility index (Phi) is 5.76. The zero-order valence-electron chi connectivity index (χ0n) is 12.2. The van der Waals surface area contributed by atoms with Gasteiger partial charge in [0.25, 0.3) is 0 Å². The highest BCUT2D eigenvalue weighted by molar-refractivity contribution is 5.76. The van der Waals surface area contributed by atoms with Gasteiger partial charge < -0.3 is 10.1 Å². The summed E-state index contributed by atoms with van der Waals surface area (Å²) >= 11 is 0. The summed E-state index contributed by atoms with van der Waals surface area (Å²) in [5, 5.41) is 2.93. The molecular weight excluding hydrogens is 264 g/mol. The minimum Gasteiger partial charge on any atom is -0.497 e. The molecule has 0 atom stereocenters. The van der Waals surface area contributed by atoms with Gasteiger partial charge >= 0.3 is 0 Å². The second-order valence-electron chi connectivity index (χ2n) is 4.77. The largest absolute Gasteiger partial charge is 0.497 e. The van der Waals surface area contributed by atoms with Gasteiger partial charge in [0, 0.05) is 24.9 Å². The minimum atomic E-state index is 0.0640. The normalized spacial score (nSPS) is 10.1. The predicted octanol–water partition coefficient (Wildman–Crippen LogP) is 2.38. The number of aromatic nitrogens is 1. The molecule has 0 fully saturated rings. The third kappa shape index (κ3) is 5.26. The van der Waals surface area contributed by atoms with Crippen LogP contribution in [-0.2, 0) is 17.6 Å². The van der Waals surface area contributed by atoms with E-state index in [9.17, 15) is 4.79 Å². The molecule has 0 saturated heterocycles. The summed E-state index contributed by atoms with van der Waals surface area (Å²) in [5.41, 5.74) is 2.13. The molecule has 2 aromatic rings. The SMILES string of the molecule is COc1ccc(CCNC(=O)CCc2ccccn2)cc1. The highest BCUT2D eigenvalue weighted by Gasteiger charge is 2.02. The number of benzene rings is 1. The topological polar surface area (TPSA) is 51.2 Å². The van der Waals surface area contributed by atoms with Crippen LogP contribution in [0.5, 0.6) is 5.75 Å². The van der Waals surface area contributed by atoms with Crippen LogP contribution < -0.4 is 10.1 Å². The monoisotopic (exact) mass is 284 g/mol. The molecule has 0 unspecified atom stereocenters. The molecule has 0 aliphatic heterocycles. The maximum absolute atomic E-state index is 11.7. The summed E-state index contributed by atoms with van der Waals surface area (Å²) in [6.45, 7) is 0.646. The van der Waals surface area contributed by atoms with Crippen molar-refractivity contribution in [2.75, 3.05) is 13.7 Å². The van der Waals surface area contributed by atoms with Crippen molar-refractivity contribution >= 4 is 5.91 Å². The molecule has 0 radical (unpaired) electrons. The molecule has 1 N–H and O–H groups in total. The number of methoxy groups -OCH3 is 1. The number of amides is 1. The summed E-state index contributed by atoms with van der Waals surface area (Å²) in [6, 6.07) is 13.6. The summed E-state index contributed by atoms with van der Waals surface area (Å²) < 4.78 is 5.11. The second kappa shape index (κ2) is 8.04. The van der Waals surface area contributed by atoms with Gasteiger partial charge in [-0.2, -0.15) is 0 Å². The van der Waals surface area contributed by atoms with Gasteiger partial charge in [-0.3, -0.25) is 9.78 Å². The van der Waals surface area contributed by atoms with Crippen molar-refractivity contribution in [1.82, 2.24) is 10.3 Å². The van der Waals surface area contributed by atoms with Crippen LogP contribution in [0.4, 0.5) is 0 Å². The highest BCUT2D eigenvalue weighted by atomic mass is 16.5. The molecule has 0 bridgehead atoms. The molecule has 2 rings (SSSR count). The molecule has 0 saturated carbocycles. The lowest BCUT2D eigenvalue weighted by Gasteiger charge is -2.06. The first-order valence-electron chi connectivity index (χ1n) is 7.07. The molecule has 1 heterocycles. The number of carbonyl (C=O) groups excluding carboxylic acids is 1. The van der Waals surface area contributed by atoms with Gasteiger partial charge in [-0.25, -0.2) is 0 Å². The Morgan fingerprint density at radius 3 is 2.62 bits per heavy atom. The van der Waals surface area contributed by atoms with Crippen LogP contribution in [0.1, 0.15) is 17.7 Å². The second-order valence-corrected chi connectivity index (χ2v) is 4.77. The van der Waals surface area contributed by atoms with E-state index in [2.05, 4.69) is 10.3 Å². The van der Waals surface area contributed by atoms with Crippen LogP contribution in [0.15, 0.2) is 48.7 Å². The number of hydrogen-bond donors (Lipinski definition) is 1. The summed E-state index contributed by atoms with van der Waals surface area (Å²) in [4.78, 5) is 16.0. The number of nitrogens with zero attached hydrogens (tertiary/aromatic N) is 1. The molecule has 1 amide bonds. The van der Waals surface area contributed by atoms with E-state index in [0.29, 0.717) is 19.4 Å². The zero-order chi connectivity index (χ0) is 14.9. The first-order valence-corrected chi connectivity index (χ1v) is 7.07. The van der Waals surface area contributed by atoms with Crippen LogP contribution in [0.2, 0.25) is 0 Å².